The summed E-state index contributed by atoms with van der Waals surface area (Å²) >= 11 is 0. The van der Waals surface area contributed by atoms with E-state index < -0.39 is 11.2 Å². The summed E-state index contributed by atoms with van der Waals surface area (Å²) in [5.74, 6) is -1.61. The van der Waals surface area contributed by atoms with Crippen LogP contribution in [0.5, 0.6) is 0 Å². The van der Waals surface area contributed by atoms with Crippen LogP contribution in [0.4, 0.5) is 0 Å². The van der Waals surface area contributed by atoms with E-state index in [0.29, 0.717) is 6.54 Å². The molecular weight excluding hydrogens is 154 g/mol. The molecule has 3 heteroatoms. The van der Waals surface area contributed by atoms with E-state index in [0.717, 1.165) is 25.7 Å². The van der Waals surface area contributed by atoms with Crippen molar-refractivity contribution in [3.63, 3.8) is 0 Å². The molecule has 1 aliphatic rings. The molecule has 4 N–H and O–H groups in total. The van der Waals surface area contributed by atoms with E-state index >= 15 is 0 Å². The molecule has 1 aliphatic carbocycles. The lowest BCUT2D eigenvalue weighted by molar-refractivity contribution is -0.236. The van der Waals surface area contributed by atoms with E-state index in [-0.39, 0.29) is 0 Å². The minimum absolute atomic E-state index is 0.372. The first-order valence-corrected chi connectivity index (χ1v) is 4.67. The number of rotatable bonds is 2. The van der Waals surface area contributed by atoms with Gasteiger partial charge in [0, 0.05) is 12.0 Å². The molecule has 12 heavy (non-hydrogen) atoms. The van der Waals surface area contributed by atoms with Crippen LogP contribution in [0.25, 0.3) is 0 Å². The van der Waals surface area contributed by atoms with Crippen LogP contribution in [0.2, 0.25) is 0 Å². The first kappa shape index (κ1) is 9.96. The molecule has 0 heterocycles. The quantitative estimate of drug-likeness (QED) is 0.536. The van der Waals surface area contributed by atoms with Gasteiger partial charge in [0.2, 0.25) is 0 Å². The van der Waals surface area contributed by atoms with Gasteiger partial charge in [-0.15, -0.1) is 0 Å². The minimum atomic E-state index is -1.61. The van der Waals surface area contributed by atoms with Gasteiger partial charge >= 0.3 is 0 Å². The zero-order chi connectivity index (χ0) is 9.24. The van der Waals surface area contributed by atoms with Crippen LogP contribution in [-0.4, -0.2) is 22.5 Å². The zero-order valence-electron chi connectivity index (χ0n) is 7.71. The summed E-state index contributed by atoms with van der Waals surface area (Å²) in [6, 6.07) is 0. The predicted octanol–water partition coefficient (Wildman–Crippen LogP) is 0.596. The lowest BCUT2D eigenvalue weighted by Gasteiger charge is -2.43. The van der Waals surface area contributed by atoms with Crippen molar-refractivity contribution in [3.05, 3.63) is 0 Å². The monoisotopic (exact) mass is 173 g/mol. The molecule has 0 amide bonds. The van der Waals surface area contributed by atoms with E-state index in [2.05, 4.69) is 0 Å². The summed E-state index contributed by atoms with van der Waals surface area (Å²) in [6.07, 6.45) is 5.00. The molecule has 0 unspecified atom stereocenters. The third-order valence-corrected chi connectivity index (χ3v) is 3.21. The molecule has 0 saturated heterocycles. The summed E-state index contributed by atoms with van der Waals surface area (Å²) in [4.78, 5) is 0. The molecule has 3 nitrogen and oxygen atoms in total. The SMILES string of the molecule is CC(O)(O)C1(CN)CCCCC1. The Bertz CT molecular complexity index is 145. The summed E-state index contributed by atoms with van der Waals surface area (Å²) in [5.41, 5.74) is 5.15. The number of hydrogen-bond acceptors (Lipinski definition) is 3. The average Bonchev–Trinajstić information content (AvgIpc) is 2.04. The van der Waals surface area contributed by atoms with E-state index in [1.54, 1.807) is 0 Å². The van der Waals surface area contributed by atoms with Crippen molar-refractivity contribution in [3.8, 4) is 0 Å². The van der Waals surface area contributed by atoms with Crippen molar-refractivity contribution < 1.29 is 10.2 Å². The Balaban J connectivity index is 2.73. The number of aliphatic hydroxyl groups is 2. The van der Waals surface area contributed by atoms with Crippen molar-refractivity contribution in [2.75, 3.05) is 6.54 Å². The van der Waals surface area contributed by atoms with Gasteiger partial charge < -0.3 is 15.9 Å². The first-order chi connectivity index (χ1) is 5.52. The number of nitrogens with two attached hydrogens (primary N) is 1. The van der Waals surface area contributed by atoms with Crippen molar-refractivity contribution in [1.82, 2.24) is 0 Å². The highest BCUT2D eigenvalue weighted by molar-refractivity contribution is 4.92. The molecule has 0 aromatic rings. The van der Waals surface area contributed by atoms with Crippen molar-refractivity contribution in [1.29, 1.82) is 0 Å². The smallest absolute Gasteiger partial charge is 0.166 e. The van der Waals surface area contributed by atoms with Crippen LogP contribution in [0, 0.1) is 5.41 Å². The Morgan fingerprint density at radius 2 is 1.75 bits per heavy atom. The Labute approximate surface area is 73.6 Å². The third-order valence-electron chi connectivity index (χ3n) is 3.21. The zero-order valence-corrected chi connectivity index (χ0v) is 7.71. The maximum Gasteiger partial charge on any atom is 0.166 e. The van der Waals surface area contributed by atoms with Gasteiger partial charge in [0.25, 0.3) is 0 Å². The van der Waals surface area contributed by atoms with Crippen LogP contribution in [0.1, 0.15) is 39.0 Å². The van der Waals surface area contributed by atoms with Gasteiger partial charge in [-0.1, -0.05) is 19.3 Å². The van der Waals surface area contributed by atoms with Gasteiger partial charge in [-0.3, -0.25) is 0 Å². The Kier molecular flexibility index (Phi) is 2.76. The molecule has 0 aromatic carbocycles. The van der Waals surface area contributed by atoms with Gasteiger partial charge in [0.15, 0.2) is 5.79 Å². The molecule has 0 aliphatic heterocycles. The molecule has 1 rings (SSSR count). The topological polar surface area (TPSA) is 66.5 Å². The molecule has 0 radical (unpaired) electrons. The second-order valence-electron chi connectivity index (χ2n) is 4.07. The Morgan fingerprint density at radius 3 is 2.00 bits per heavy atom. The van der Waals surface area contributed by atoms with Crippen molar-refractivity contribution >= 4 is 0 Å². The minimum Gasteiger partial charge on any atom is -0.365 e. The Hall–Kier alpha value is -0.120. The highest BCUT2D eigenvalue weighted by atomic mass is 16.5. The van der Waals surface area contributed by atoms with Gasteiger partial charge in [-0.05, 0) is 19.8 Å². The lowest BCUT2D eigenvalue weighted by atomic mass is 9.69. The first-order valence-electron chi connectivity index (χ1n) is 4.67. The normalized spacial score (nSPS) is 24.0. The van der Waals surface area contributed by atoms with Crippen LogP contribution < -0.4 is 5.73 Å². The van der Waals surface area contributed by atoms with Crippen LogP contribution in [0.3, 0.4) is 0 Å². The predicted molar refractivity (Wildman–Crippen MR) is 47.4 cm³/mol. The van der Waals surface area contributed by atoms with Crippen LogP contribution >= 0.6 is 0 Å². The standard InChI is InChI=1S/C9H19NO2/c1-8(11,12)9(7-10)5-3-2-4-6-9/h11-12H,2-7,10H2,1H3. The lowest BCUT2D eigenvalue weighted by Crippen LogP contribution is -2.51. The van der Waals surface area contributed by atoms with Crippen LogP contribution in [-0.2, 0) is 0 Å². The second kappa shape index (κ2) is 3.32. The second-order valence-corrected chi connectivity index (χ2v) is 4.07. The van der Waals surface area contributed by atoms with Crippen LogP contribution in [0.15, 0.2) is 0 Å². The highest BCUT2D eigenvalue weighted by Gasteiger charge is 2.45. The van der Waals surface area contributed by atoms with E-state index in [1.165, 1.54) is 13.3 Å². The fourth-order valence-corrected chi connectivity index (χ4v) is 2.10. The maximum absolute atomic E-state index is 9.57. The largest absolute Gasteiger partial charge is 0.365 e. The molecule has 0 spiro atoms. The highest BCUT2D eigenvalue weighted by Crippen LogP contribution is 2.42. The fourth-order valence-electron chi connectivity index (χ4n) is 2.10. The maximum atomic E-state index is 9.57. The fraction of sp³-hybridized carbons (Fsp3) is 1.00. The molecule has 1 saturated carbocycles. The van der Waals surface area contributed by atoms with E-state index in [9.17, 15) is 10.2 Å². The van der Waals surface area contributed by atoms with Gasteiger partial charge in [0.1, 0.15) is 0 Å². The molecule has 0 atom stereocenters. The van der Waals surface area contributed by atoms with E-state index in [4.69, 9.17) is 5.73 Å². The van der Waals surface area contributed by atoms with Gasteiger partial charge in [-0.2, -0.15) is 0 Å². The van der Waals surface area contributed by atoms with E-state index in [1.807, 2.05) is 0 Å². The molecule has 0 bridgehead atoms. The van der Waals surface area contributed by atoms with Crippen molar-refractivity contribution in [2.24, 2.45) is 11.1 Å². The molecule has 72 valence electrons. The molecular formula is C9H19NO2. The Morgan fingerprint density at radius 1 is 1.25 bits per heavy atom. The van der Waals surface area contributed by atoms with Gasteiger partial charge in [0.05, 0.1) is 0 Å². The summed E-state index contributed by atoms with van der Waals surface area (Å²) in [7, 11) is 0. The van der Waals surface area contributed by atoms with Gasteiger partial charge in [-0.25, -0.2) is 0 Å². The summed E-state index contributed by atoms with van der Waals surface area (Å²) in [6.45, 7) is 1.82. The average molecular weight is 173 g/mol. The number of hydrogen-bond donors (Lipinski definition) is 3. The third kappa shape index (κ3) is 1.63. The summed E-state index contributed by atoms with van der Waals surface area (Å²) in [5, 5.41) is 19.1. The molecule has 1 fully saturated rings. The van der Waals surface area contributed by atoms with Crippen molar-refractivity contribution in [2.45, 2.75) is 44.8 Å². The summed E-state index contributed by atoms with van der Waals surface area (Å²) < 4.78 is 0. The molecule has 0 aromatic heterocycles.